The first kappa shape index (κ1) is 17.0. The van der Waals surface area contributed by atoms with Gasteiger partial charge in [0.2, 0.25) is 0 Å². The summed E-state index contributed by atoms with van der Waals surface area (Å²) in [6, 6.07) is 11.6. The zero-order chi connectivity index (χ0) is 18.0. The zero-order valence-electron chi connectivity index (χ0n) is 12.5. The van der Waals surface area contributed by atoms with Gasteiger partial charge in [-0.25, -0.2) is 0 Å². The number of hydrazine groups is 1. The Labute approximate surface area is 151 Å². The van der Waals surface area contributed by atoms with Crippen LogP contribution in [0.25, 0.3) is 11.0 Å². The molecule has 0 aliphatic heterocycles. The topological polar surface area (TPSA) is 88.4 Å². The molecule has 1 heterocycles. The minimum atomic E-state index is -0.767. The van der Waals surface area contributed by atoms with Crippen molar-refractivity contribution in [2.24, 2.45) is 0 Å². The molecule has 25 heavy (non-hydrogen) atoms. The lowest BCUT2D eigenvalue weighted by molar-refractivity contribution is 0.0831. The van der Waals surface area contributed by atoms with Crippen molar-refractivity contribution in [3.63, 3.8) is 0 Å². The smallest absolute Gasteiger partial charge is 0.305 e. The first-order valence-corrected chi connectivity index (χ1v) is 7.79. The van der Waals surface area contributed by atoms with Crippen LogP contribution < -0.4 is 16.3 Å². The molecule has 0 fully saturated rings. The van der Waals surface area contributed by atoms with Gasteiger partial charge < -0.3 is 4.42 Å². The third-order valence-electron chi connectivity index (χ3n) is 3.31. The summed E-state index contributed by atoms with van der Waals surface area (Å²) in [5.74, 6) is -1.55. The Kier molecular flexibility index (Phi) is 4.74. The van der Waals surface area contributed by atoms with Gasteiger partial charge in [0.05, 0.1) is 5.39 Å². The molecule has 0 radical (unpaired) electrons. The van der Waals surface area contributed by atoms with Crippen molar-refractivity contribution in [3.8, 4) is 0 Å². The van der Waals surface area contributed by atoms with Gasteiger partial charge in [-0.3, -0.25) is 25.2 Å². The highest BCUT2D eigenvalue weighted by Gasteiger charge is 2.14. The lowest BCUT2D eigenvalue weighted by Gasteiger charge is -2.07. The van der Waals surface area contributed by atoms with Gasteiger partial charge in [0.15, 0.2) is 11.2 Å². The average Bonchev–Trinajstić information content (AvgIpc) is 2.60. The van der Waals surface area contributed by atoms with E-state index in [1.807, 2.05) is 0 Å². The van der Waals surface area contributed by atoms with Gasteiger partial charge >= 0.3 is 5.91 Å². The van der Waals surface area contributed by atoms with Crippen LogP contribution >= 0.6 is 23.2 Å². The molecule has 6 nitrogen and oxygen atoms in total. The van der Waals surface area contributed by atoms with Crippen molar-refractivity contribution in [2.45, 2.75) is 0 Å². The molecular formula is C17H10Cl2N2O4. The van der Waals surface area contributed by atoms with Crippen molar-refractivity contribution in [1.29, 1.82) is 0 Å². The van der Waals surface area contributed by atoms with Crippen molar-refractivity contribution < 1.29 is 14.0 Å². The largest absolute Gasteiger partial charge is 0.451 e. The van der Waals surface area contributed by atoms with Gasteiger partial charge in [-0.1, -0.05) is 23.2 Å². The van der Waals surface area contributed by atoms with Gasteiger partial charge in [-0.15, -0.1) is 0 Å². The second-order valence-corrected chi connectivity index (χ2v) is 5.90. The van der Waals surface area contributed by atoms with E-state index in [-0.39, 0.29) is 16.7 Å². The Morgan fingerprint density at radius 3 is 2.20 bits per heavy atom. The van der Waals surface area contributed by atoms with E-state index in [0.717, 1.165) is 6.07 Å². The Bertz CT molecular complexity index is 1030. The maximum atomic E-state index is 12.1. The van der Waals surface area contributed by atoms with Crippen LogP contribution in [0.3, 0.4) is 0 Å². The van der Waals surface area contributed by atoms with Crippen LogP contribution in [0.15, 0.2) is 57.7 Å². The first-order chi connectivity index (χ1) is 11.9. The average molecular weight is 377 g/mol. The molecule has 0 saturated heterocycles. The van der Waals surface area contributed by atoms with Crippen LogP contribution in [0.5, 0.6) is 0 Å². The van der Waals surface area contributed by atoms with Crippen LogP contribution in [0.1, 0.15) is 20.9 Å². The Balaban J connectivity index is 1.76. The van der Waals surface area contributed by atoms with Crippen molar-refractivity contribution >= 4 is 46.0 Å². The number of amides is 2. The number of rotatable bonds is 2. The van der Waals surface area contributed by atoms with Crippen molar-refractivity contribution in [2.75, 3.05) is 0 Å². The summed E-state index contributed by atoms with van der Waals surface area (Å²) in [4.78, 5) is 36.1. The number of halogens is 2. The molecule has 0 atom stereocenters. The summed E-state index contributed by atoms with van der Waals surface area (Å²) in [5.41, 5.74) is 4.51. The fourth-order valence-electron chi connectivity index (χ4n) is 2.09. The SMILES string of the molecule is O=C(NNC(=O)c1cc(=O)c2cc(Cl)ccc2o1)c1ccc(Cl)cc1. The summed E-state index contributed by atoms with van der Waals surface area (Å²) in [5, 5.41) is 1.13. The summed E-state index contributed by atoms with van der Waals surface area (Å²) < 4.78 is 5.37. The predicted octanol–water partition coefficient (Wildman–Crippen LogP) is 3.17. The molecule has 0 saturated carbocycles. The third kappa shape index (κ3) is 3.81. The molecule has 2 aromatic carbocycles. The van der Waals surface area contributed by atoms with E-state index < -0.39 is 17.2 Å². The Hall–Kier alpha value is -2.83. The summed E-state index contributed by atoms with van der Waals surface area (Å²) in [7, 11) is 0. The van der Waals surface area contributed by atoms with Crippen LogP contribution in [-0.4, -0.2) is 11.8 Å². The molecule has 126 valence electrons. The van der Waals surface area contributed by atoms with Gasteiger partial charge in [0.25, 0.3) is 5.91 Å². The zero-order valence-corrected chi connectivity index (χ0v) is 14.0. The van der Waals surface area contributed by atoms with E-state index in [2.05, 4.69) is 10.9 Å². The molecular weight excluding hydrogens is 367 g/mol. The summed E-state index contributed by atoms with van der Waals surface area (Å²) in [6.07, 6.45) is 0. The number of nitrogens with one attached hydrogen (secondary N) is 2. The number of hydrogen-bond donors (Lipinski definition) is 2. The van der Waals surface area contributed by atoms with Gasteiger partial charge in [-0.05, 0) is 42.5 Å². The van der Waals surface area contributed by atoms with E-state index in [1.165, 1.54) is 30.3 Å². The van der Waals surface area contributed by atoms with Crippen LogP contribution in [0.4, 0.5) is 0 Å². The lowest BCUT2D eigenvalue weighted by Crippen LogP contribution is -2.41. The molecule has 0 aliphatic carbocycles. The van der Waals surface area contributed by atoms with E-state index in [9.17, 15) is 14.4 Å². The highest BCUT2D eigenvalue weighted by Crippen LogP contribution is 2.17. The molecule has 0 bridgehead atoms. The normalized spacial score (nSPS) is 10.5. The minimum absolute atomic E-state index is 0.214. The standard InChI is InChI=1S/C17H10Cl2N2O4/c18-10-3-1-9(2-4-10)16(23)20-21-17(24)15-8-13(22)12-7-11(19)5-6-14(12)25-15/h1-8H,(H,20,23)(H,21,24). The minimum Gasteiger partial charge on any atom is -0.451 e. The Morgan fingerprint density at radius 2 is 1.48 bits per heavy atom. The molecule has 2 N–H and O–H groups in total. The number of hydrogen-bond acceptors (Lipinski definition) is 4. The van der Waals surface area contributed by atoms with Crippen LogP contribution in [-0.2, 0) is 0 Å². The Morgan fingerprint density at radius 1 is 0.840 bits per heavy atom. The number of carbonyl (C=O) groups is 2. The molecule has 3 aromatic rings. The van der Waals surface area contributed by atoms with E-state index in [0.29, 0.717) is 15.6 Å². The fourth-order valence-corrected chi connectivity index (χ4v) is 2.39. The fraction of sp³-hybridized carbons (Fsp3) is 0. The van der Waals surface area contributed by atoms with Gasteiger partial charge in [0.1, 0.15) is 5.58 Å². The number of fused-ring (bicyclic) bond motifs is 1. The highest BCUT2D eigenvalue weighted by atomic mass is 35.5. The van der Waals surface area contributed by atoms with Crippen LogP contribution in [0, 0.1) is 0 Å². The monoisotopic (exact) mass is 376 g/mol. The molecule has 1 aromatic heterocycles. The number of carbonyl (C=O) groups excluding carboxylic acids is 2. The lowest BCUT2D eigenvalue weighted by atomic mass is 10.2. The van der Waals surface area contributed by atoms with E-state index in [1.54, 1.807) is 12.1 Å². The highest BCUT2D eigenvalue weighted by molar-refractivity contribution is 6.31. The third-order valence-corrected chi connectivity index (χ3v) is 3.80. The van der Waals surface area contributed by atoms with E-state index >= 15 is 0 Å². The summed E-state index contributed by atoms with van der Waals surface area (Å²) >= 11 is 11.6. The van der Waals surface area contributed by atoms with Gasteiger partial charge in [0, 0.05) is 21.7 Å². The van der Waals surface area contributed by atoms with Crippen LogP contribution in [0.2, 0.25) is 10.0 Å². The molecule has 3 rings (SSSR count). The second kappa shape index (κ2) is 6.96. The molecule has 8 heteroatoms. The molecule has 2 amide bonds. The summed E-state index contributed by atoms with van der Waals surface area (Å²) in [6.45, 7) is 0. The quantitative estimate of drug-likeness (QED) is 0.672. The van der Waals surface area contributed by atoms with Crippen molar-refractivity contribution in [1.82, 2.24) is 10.9 Å². The second-order valence-electron chi connectivity index (χ2n) is 5.03. The predicted molar refractivity (Wildman–Crippen MR) is 93.9 cm³/mol. The molecule has 0 spiro atoms. The maximum absolute atomic E-state index is 12.1. The number of benzene rings is 2. The molecule has 0 aliphatic rings. The first-order valence-electron chi connectivity index (χ1n) is 7.04. The van der Waals surface area contributed by atoms with E-state index in [4.69, 9.17) is 27.6 Å². The molecule has 0 unspecified atom stereocenters. The van der Waals surface area contributed by atoms with Crippen molar-refractivity contribution in [3.05, 3.63) is 80.1 Å². The van der Waals surface area contributed by atoms with Gasteiger partial charge in [-0.2, -0.15) is 0 Å². The maximum Gasteiger partial charge on any atom is 0.305 e.